The molecule has 2 atom stereocenters. The van der Waals surface area contributed by atoms with Crippen LogP contribution in [0.5, 0.6) is 5.75 Å². The number of guanidine groups is 1. The summed E-state index contributed by atoms with van der Waals surface area (Å²) >= 11 is 0. The fourth-order valence-electron chi connectivity index (χ4n) is 5.67. The number of fused-ring (bicyclic) bond motifs is 3. The Morgan fingerprint density at radius 1 is 1.09 bits per heavy atom. The first-order chi connectivity index (χ1) is 16.9. The lowest BCUT2D eigenvalue weighted by molar-refractivity contribution is -0.204. The summed E-state index contributed by atoms with van der Waals surface area (Å²) in [7, 11) is 1.75. The highest BCUT2D eigenvalue weighted by atomic mass is 19.1. The summed E-state index contributed by atoms with van der Waals surface area (Å²) in [4.78, 5) is 11.2. The van der Waals surface area contributed by atoms with Gasteiger partial charge in [0.2, 0.25) is 11.7 Å². The van der Waals surface area contributed by atoms with E-state index in [-0.39, 0.29) is 5.56 Å². The molecule has 6 nitrogen and oxygen atoms in total. The predicted molar refractivity (Wildman–Crippen MR) is 130 cm³/mol. The van der Waals surface area contributed by atoms with Crippen molar-refractivity contribution in [3.05, 3.63) is 88.7 Å². The molecule has 0 amide bonds. The Labute approximate surface area is 203 Å². The fraction of sp³-hybridized carbons (Fsp3) is 0.286. The van der Waals surface area contributed by atoms with Gasteiger partial charge < -0.3 is 10.5 Å². The number of ether oxygens (including phenoxy) is 1. The van der Waals surface area contributed by atoms with E-state index in [4.69, 9.17) is 20.3 Å². The van der Waals surface area contributed by atoms with E-state index in [9.17, 15) is 9.65 Å². The molecule has 3 aliphatic rings. The van der Waals surface area contributed by atoms with Crippen molar-refractivity contribution in [3.8, 4) is 22.9 Å². The first kappa shape index (κ1) is 21.6. The fourth-order valence-corrected chi connectivity index (χ4v) is 5.67. The van der Waals surface area contributed by atoms with E-state index in [1.165, 1.54) is 22.3 Å². The number of nitrogens with zero attached hydrogens (tertiary/aromatic N) is 3. The molecule has 35 heavy (non-hydrogen) atoms. The second-order valence-electron chi connectivity index (χ2n) is 9.62. The molecule has 3 aromatic carbocycles. The number of hydroxylamine groups is 2. The molecule has 0 bridgehead atoms. The van der Waals surface area contributed by atoms with Gasteiger partial charge in [-0.2, -0.15) is 5.26 Å². The van der Waals surface area contributed by atoms with Gasteiger partial charge >= 0.3 is 0 Å². The monoisotopic (exact) mass is 468 g/mol. The van der Waals surface area contributed by atoms with Crippen LogP contribution in [0.15, 0.2) is 65.7 Å². The zero-order chi connectivity index (χ0) is 24.2. The van der Waals surface area contributed by atoms with E-state index in [1.54, 1.807) is 19.2 Å². The average molecular weight is 469 g/mol. The first-order valence-corrected chi connectivity index (χ1v) is 11.8. The van der Waals surface area contributed by atoms with Crippen LogP contribution in [-0.4, -0.2) is 23.7 Å². The summed E-state index contributed by atoms with van der Waals surface area (Å²) in [5.74, 6) is 0.470. The number of halogens is 1. The molecule has 0 saturated carbocycles. The number of aryl methyl sites for hydroxylation is 1. The maximum absolute atomic E-state index is 13.9. The van der Waals surface area contributed by atoms with Crippen LogP contribution >= 0.6 is 0 Å². The topological polar surface area (TPSA) is 83.9 Å². The third-order valence-electron chi connectivity index (χ3n) is 7.32. The Hall–Kier alpha value is -3.89. The summed E-state index contributed by atoms with van der Waals surface area (Å²) in [5, 5.41) is 10.8. The molecule has 0 radical (unpaired) electrons. The van der Waals surface area contributed by atoms with Gasteiger partial charge in [0.25, 0.3) is 0 Å². The van der Waals surface area contributed by atoms with E-state index in [1.807, 2.05) is 24.3 Å². The van der Waals surface area contributed by atoms with E-state index in [2.05, 4.69) is 24.3 Å². The molecule has 2 N–H and O–H groups in total. The van der Waals surface area contributed by atoms with Crippen LogP contribution in [-0.2, 0) is 23.4 Å². The Morgan fingerprint density at radius 2 is 1.86 bits per heavy atom. The second-order valence-corrected chi connectivity index (χ2v) is 9.62. The first-order valence-electron chi connectivity index (χ1n) is 11.8. The van der Waals surface area contributed by atoms with Gasteiger partial charge in [-0.05, 0) is 65.8 Å². The van der Waals surface area contributed by atoms with Crippen molar-refractivity contribution in [2.45, 2.75) is 43.4 Å². The largest absolute Gasteiger partial charge is 0.486 e. The van der Waals surface area contributed by atoms with Gasteiger partial charge in [0.05, 0.1) is 11.1 Å². The summed E-state index contributed by atoms with van der Waals surface area (Å²) in [6, 6.07) is 20.8. The molecular weight excluding hydrogens is 443 g/mol. The molecule has 2 aliphatic heterocycles. The molecule has 3 aromatic rings. The molecular formula is C28H25FN4O2. The van der Waals surface area contributed by atoms with E-state index in [0.717, 1.165) is 42.4 Å². The highest BCUT2D eigenvalue weighted by Crippen LogP contribution is 2.52. The number of hydrogen-bond acceptors (Lipinski definition) is 6. The molecule has 2 unspecified atom stereocenters. The van der Waals surface area contributed by atoms with Crippen molar-refractivity contribution in [2.24, 2.45) is 10.7 Å². The molecule has 0 saturated heterocycles. The highest BCUT2D eigenvalue weighted by molar-refractivity contribution is 5.79. The Morgan fingerprint density at radius 3 is 2.63 bits per heavy atom. The van der Waals surface area contributed by atoms with E-state index >= 15 is 0 Å². The summed E-state index contributed by atoms with van der Waals surface area (Å²) in [5.41, 5.74) is 9.66. The maximum Gasteiger partial charge on any atom is 0.222 e. The Balaban J connectivity index is 1.48. The van der Waals surface area contributed by atoms with Crippen LogP contribution in [0.1, 0.15) is 41.5 Å². The van der Waals surface area contributed by atoms with Crippen molar-refractivity contribution in [1.29, 1.82) is 5.26 Å². The van der Waals surface area contributed by atoms with Gasteiger partial charge in [-0.3, -0.25) is 0 Å². The number of benzene rings is 3. The van der Waals surface area contributed by atoms with Crippen molar-refractivity contribution in [3.63, 3.8) is 0 Å². The third kappa shape index (κ3) is 3.53. The number of aliphatic imine (C=N–C) groups is 1. The van der Waals surface area contributed by atoms with Gasteiger partial charge in [0, 0.05) is 19.9 Å². The van der Waals surface area contributed by atoms with Crippen LogP contribution in [0.2, 0.25) is 0 Å². The summed E-state index contributed by atoms with van der Waals surface area (Å²) in [6.45, 7) is 0. The lowest BCUT2D eigenvalue weighted by atomic mass is 9.78. The van der Waals surface area contributed by atoms with Crippen molar-refractivity contribution in [1.82, 2.24) is 5.06 Å². The van der Waals surface area contributed by atoms with Crippen LogP contribution in [0, 0.1) is 17.1 Å². The van der Waals surface area contributed by atoms with Crippen LogP contribution in [0.4, 0.5) is 4.39 Å². The summed E-state index contributed by atoms with van der Waals surface area (Å²) < 4.78 is 20.7. The van der Waals surface area contributed by atoms with Gasteiger partial charge in [-0.15, -0.1) is 0 Å². The highest BCUT2D eigenvalue weighted by Gasteiger charge is 2.54. The number of rotatable bonds is 1. The molecule has 2 spiro atoms. The molecule has 1 aliphatic carbocycles. The molecule has 176 valence electrons. The number of nitrogens with two attached hydrogens (primary N) is 1. The molecule has 0 aromatic heterocycles. The predicted octanol–water partition coefficient (Wildman–Crippen LogP) is 4.81. The van der Waals surface area contributed by atoms with Gasteiger partial charge in [-0.25, -0.2) is 19.3 Å². The van der Waals surface area contributed by atoms with E-state index < -0.39 is 17.1 Å². The minimum Gasteiger partial charge on any atom is -0.486 e. The van der Waals surface area contributed by atoms with Gasteiger partial charge in [-0.1, -0.05) is 36.4 Å². The molecule has 7 heteroatoms. The van der Waals surface area contributed by atoms with Crippen molar-refractivity contribution in [2.75, 3.05) is 7.05 Å². The van der Waals surface area contributed by atoms with Gasteiger partial charge in [0.15, 0.2) is 0 Å². The standard InChI is InChI=1S/C28H25FN4O2/c1-33-26(31)32-28(35-33)17-27(12-4-7-18-5-2-3-6-21(18)15-27)34-25-11-9-20(14-23(25)28)19-8-10-24(29)22(13-19)16-30/h2-3,5-6,8-11,13-14H,4,7,12,15,17H2,1H3,(H2,31,32). The van der Waals surface area contributed by atoms with Crippen molar-refractivity contribution >= 4 is 5.96 Å². The summed E-state index contributed by atoms with van der Waals surface area (Å²) in [6.07, 6.45) is 4.16. The second kappa shape index (κ2) is 7.82. The smallest absolute Gasteiger partial charge is 0.222 e. The lowest BCUT2D eigenvalue weighted by Gasteiger charge is -2.45. The third-order valence-corrected chi connectivity index (χ3v) is 7.32. The average Bonchev–Trinajstić information content (AvgIpc) is 3.01. The zero-order valence-corrected chi connectivity index (χ0v) is 19.4. The number of hydrogen-bond donors (Lipinski definition) is 1. The SMILES string of the molecule is CN1OC2(CC3(CCCc4ccccc4C3)Oc3ccc(-c4ccc(F)c(C#N)c4)cc32)N=C1N. The minimum absolute atomic E-state index is 0.00127. The lowest BCUT2D eigenvalue weighted by Crippen LogP contribution is -2.49. The van der Waals surface area contributed by atoms with Crippen molar-refractivity contribution < 1.29 is 14.0 Å². The Bertz CT molecular complexity index is 1410. The Kier molecular flexibility index (Phi) is 4.83. The quantitative estimate of drug-likeness (QED) is 0.554. The minimum atomic E-state index is -1.03. The van der Waals surface area contributed by atoms with Crippen LogP contribution < -0.4 is 10.5 Å². The molecule has 0 fully saturated rings. The van der Waals surface area contributed by atoms with Crippen LogP contribution in [0.3, 0.4) is 0 Å². The van der Waals surface area contributed by atoms with Crippen LogP contribution in [0.25, 0.3) is 11.1 Å². The number of nitriles is 1. The van der Waals surface area contributed by atoms with E-state index in [0.29, 0.717) is 18.1 Å². The normalized spacial score (nSPS) is 24.8. The molecule has 6 rings (SSSR count). The van der Waals surface area contributed by atoms with Gasteiger partial charge in [0.1, 0.15) is 23.2 Å². The molecule has 2 heterocycles. The maximum atomic E-state index is 13.9. The zero-order valence-electron chi connectivity index (χ0n) is 19.4.